The molecule has 1 unspecified atom stereocenters. The Morgan fingerprint density at radius 1 is 1.05 bits per heavy atom. The second kappa shape index (κ2) is 13.7. The standard InChI is InChI=1S/C30H39BrClFN8O2S/c1-19-14-26(24(32)16-28(19)40-12-9-21(10-13-40)41-11-5-6-22(18-41)39(2)3)36-30-34-17-23(31)29(37-30)35-27-15-20(33)7-8-25(27)38-44(4,42)43/h7-8,14-17,21-22,38H,5-6,9-13,18H2,1-4H3,(H2,34,35,36,37). The highest BCUT2D eigenvalue weighted by Crippen LogP contribution is 2.36. The van der Waals surface area contributed by atoms with Crippen LogP contribution in [0.2, 0.25) is 5.02 Å². The Morgan fingerprint density at radius 3 is 2.50 bits per heavy atom. The van der Waals surface area contributed by atoms with Crippen molar-refractivity contribution in [3.63, 3.8) is 0 Å². The number of likely N-dealkylation sites (N-methyl/N-ethyl adjacent to an activating group) is 1. The van der Waals surface area contributed by atoms with Crippen molar-refractivity contribution >= 4 is 72.1 Å². The van der Waals surface area contributed by atoms with Gasteiger partial charge in [-0.25, -0.2) is 17.8 Å². The van der Waals surface area contributed by atoms with E-state index >= 15 is 0 Å². The molecular formula is C30H39BrClFN8O2S. The van der Waals surface area contributed by atoms with Crippen LogP contribution in [-0.4, -0.2) is 86.8 Å². The molecule has 0 amide bonds. The van der Waals surface area contributed by atoms with Crippen molar-refractivity contribution in [3.8, 4) is 0 Å². The molecule has 2 fully saturated rings. The molecule has 2 saturated heterocycles. The van der Waals surface area contributed by atoms with Gasteiger partial charge in [0.1, 0.15) is 11.6 Å². The first-order chi connectivity index (χ1) is 20.9. The van der Waals surface area contributed by atoms with Gasteiger partial charge in [-0.05, 0) is 105 Å². The van der Waals surface area contributed by atoms with Crippen molar-refractivity contribution in [2.24, 2.45) is 0 Å². The predicted molar refractivity (Wildman–Crippen MR) is 181 cm³/mol. The summed E-state index contributed by atoms with van der Waals surface area (Å²) in [6.07, 6.45) is 7.37. The van der Waals surface area contributed by atoms with Crippen molar-refractivity contribution < 1.29 is 12.8 Å². The van der Waals surface area contributed by atoms with E-state index < -0.39 is 15.8 Å². The van der Waals surface area contributed by atoms with Crippen LogP contribution >= 0.6 is 27.5 Å². The van der Waals surface area contributed by atoms with E-state index in [-0.39, 0.29) is 17.3 Å². The number of sulfonamides is 1. The summed E-state index contributed by atoms with van der Waals surface area (Å²) in [6.45, 7) is 6.39. The van der Waals surface area contributed by atoms with Crippen molar-refractivity contribution in [1.82, 2.24) is 19.8 Å². The topological polar surface area (TPSA) is 106 Å². The van der Waals surface area contributed by atoms with Gasteiger partial charge in [-0.1, -0.05) is 11.6 Å². The first kappa shape index (κ1) is 32.7. The van der Waals surface area contributed by atoms with E-state index in [1.165, 1.54) is 37.6 Å². The number of aryl methyl sites for hydroxylation is 1. The molecule has 3 N–H and O–H groups in total. The molecule has 1 atom stereocenters. The normalized spacial score (nSPS) is 18.5. The molecular weight excluding hydrogens is 671 g/mol. The van der Waals surface area contributed by atoms with Crippen LogP contribution in [0.25, 0.3) is 0 Å². The number of halogens is 3. The Kier molecular flexibility index (Phi) is 10.2. The molecule has 2 aromatic carbocycles. The number of nitrogens with zero attached hydrogens (tertiary/aromatic N) is 5. The fraction of sp³-hybridized carbons (Fsp3) is 0.467. The van der Waals surface area contributed by atoms with Crippen LogP contribution in [0.1, 0.15) is 31.2 Å². The lowest BCUT2D eigenvalue weighted by atomic mass is 9.97. The minimum atomic E-state index is -3.59. The summed E-state index contributed by atoms with van der Waals surface area (Å²) in [5.74, 6) is 0.0332. The lowest BCUT2D eigenvalue weighted by Crippen LogP contribution is -2.52. The minimum Gasteiger partial charge on any atom is -0.371 e. The Morgan fingerprint density at radius 2 is 1.80 bits per heavy atom. The lowest BCUT2D eigenvalue weighted by molar-refractivity contribution is 0.0846. The maximum atomic E-state index is 14.0. The van der Waals surface area contributed by atoms with Crippen LogP contribution in [0.3, 0.4) is 0 Å². The Hall–Kier alpha value is -2.71. The fourth-order valence-electron chi connectivity index (χ4n) is 5.99. The molecule has 2 aliphatic rings. The number of hydrogen-bond donors (Lipinski definition) is 3. The summed E-state index contributed by atoms with van der Waals surface area (Å²) >= 11 is 10.2. The molecule has 5 rings (SSSR count). The second-order valence-electron chi connectivity index (χ2n) is 11.8. The summed E-state index contributed by atoms with van der Waals surface area (Å²) in [5.41, 5.74) is 3.25. The Balaban J connectivity index is 1.27. The summed E-state index contributed by atoms with van der Waals surface area (Å²) in [4.78, 5) is 16.4. The average molecular weight is 710 g/mol. The van der Waals surface area contributed by atoms with Crippen LogP contribution in [0, 0.1) is 12.7 Å². The van der Waals surface area contributed by atoms with E-state index in [0.717, 1.165) is 50.0 Å². The summed E-state index contributed by atoms with van der Waals surface area (Å²) in [6, 6.07) is 8.95. The summed E-state index contributed by atoms with van der Waals surface area (Å²) < 4.78 is 40.6. The van der Waals surface area contributed by atoms with Crippen molar-refractivity contribution in [2.45, 2.75) is 44.7 Å². The third-order valence-electron chi connectivity index (χ3n) is 8.29. The van der Waals surface area contributed by atoms with E-state index in [4.69, 9.17) is 11.6 Å². The van der Waals surface area contributed by atoms with Gasteiger partial charge in [0.2, 0.25) is 16.0 Å². The van der Waals surface area contributed by atoms with E-state index in [2.05, 4.69) is 77.0 Å². The zero-order valence-electron chi connectivity index (χ0n) is 25.4. The van der Waals surface area contributed by atoms with Crippen molar-refractivity contribution in [3.05, 3.63) is 57.4 Å². The van der Waals surface area contributed by atoms with Crippen molar-refractivity contribution in [1.29, 1.82) is 0 Å². The smallest absolute Gasteiger partial charge is 0.229 e. The van der Waals surface area contributed by atoms with E-state index in [1.807, 2.05) is 12.1 Å². The maximum Gasteiger partial charge on any atom is 0.229 e. The minimum absolute atomic E-state index is 0.181. The molecule has 2 aliphatic heterocycles. The van der Waals surface area contributed by atoms with Gasteiger partial charge in [-0.2, -0.15) is 4.98 Å². The third-order valence-corrected chi connectivity index (χ3v) is 9.77. The third kappa shape index (κ3) is 8.11. The van der Waals surface area contributed by atoms with Gasteiger partial charge in [0.05, 0.1) is 32.8 Å². The Labute approximate surface area is 272 Å². The van der Waals surface area contributed by atoms with Crippen LogP contribution in [0.4, 0.5) is 38.9 Å². The van der Waals surface area contributed by atoms with Crippen LogP contribution < -0.4 is 20.3 Å². The van der Waals surface area contributed by atoms with Gasteiger partial charge in [0.25, 0.3) is 0 Å². The molecule has 0 aliphatic carbocycles. The molecule has 0 saturated carbocycles. The molecule has 0 radical (unpaired) electrons. The highest BCUT2D eigenvalue weighted by Gasteiger charge is 2.30. The summed E-state index contributed by atoms with van der Waals surface area (Å²) in [5, 5.41) is 6.73. The van der Waals surface area contributed by atoms with Gasteiger partial charge in [-0.3, -0.25) is 9.62 Å². The van der Waals surface area contributed by atoms with Gasteiger partial charge < -0.3 is 20.4 Å². The Bertz CT molecular complexity index is 1600. The van der Waals surface area contributed by atoms with Gasteiger partial charge in [0, 0.05) is 43.6 Å². The number of piperidine rings is 2. The zero-order valence-corrected chi connectivity index (χ0v) is 28.5. The average Bonchev–Trinajstić information content (AvgIpc) is 2.97. The predicted octanol–water partition coefficient (Wildman–Crippen LogP) is 6.19. The largest absolute Gasteiger partial charge is 0.371 e. The number of likely N-dealkylation sites (tertiary alicyclic amines) is 1. The molecule has 14 heteroatoms. The first-order valence-corrected chi connectivity index (χ1v) is 17.7. The highest BCUT2D eigenvalue weighted by atomic mass is 79.9. The zero-order chi connectivity index (χ0) is 31.6. The number of anilines is 6. The molecule has 0 bridgehead atoms. The number of aromatic nitrogens is 2. The molecule has 238 valence electrons. The number of rotatable bonds is 9. The van der Waals surface area contributed by atoms with Gasteiger partial charge in [-0.15, -0.1) is 0 Å². The molecule has 3 heterocycles. The quantitative estimate of drug-likeness (QED) is 0.240. The second-order valence-corrected chi connectivity index (χ2v) is 14.8. The lowest BCUT2D eigenvalue weighted by Gasteiger charge is -2.44. The van der Waals surface area contributed by atoms with E-state index in [0.29, 0.717) is 33.1 Å². The highest BCUT2D eigenvalue weighted by molar-refractivity contribution is 9.10. The maximum absolute atomic E-state index is 14.0. The van der Waals surface area contributed by atoms with Crippen LogP contribution in [0.5, 0.6) is 0 Å². The van der Waals surface area contributed by atoms with Gasteiger partial charge >= 0.3 is 0 Å². The number of hydrogen-bond acceptors (Lipinski definition) is 9. The molecule has 10 nitrogen and oxygen atoms in total. The molecule has 3 aromatic rings. The fourth-order valence-corrected chi connectivity index (χ4v) is 7.06. The SMILES string of the molecule is Cc1cc(Nc2ncc(Br)c(Nc3cc(F)ccc3NS(C)(=O)=O)n2)c(Cl)cc1N1CCC(N2CCCC(N(C)C)C2)CC1. The van der Waals surface area contributed by atoms with E-state index in [9.17, 15) is 12.8 Å². The summed E-state index contributed by atoms with van der Waals surface area (Å²) in [7, 11) is 0.781. The molecule has 0 spiro atoms. The monoisotopic (exact) mass is 708 g/mol. The van der Waals surface area contributed by atoms with E-state index in [1.54, 1.807) is 6.20 Å². The van der Waals surface area contributed by atoms with Gasteiger partial charge in [0.15, 0.2) is 0 Å². The molecule has 44 heavy (non-hydrogen) atoms. The van der Waals surface area contributed by atoms with Crippen molar-refractivity contribution in [2.75, 3.05) is 66.8 Å². The molecule has 1 aromatic heterocycles. The first-order valence-electron chi connectivity index (χ1n) is 14.7. The number of benzene rings is 2. The van der Waals surface area contributed by atoms with Crippen LogP contribution in [-0.2, 0) is 10.0 Å². The van der Waals surface area contributed by atoms with Crippen LogP contribution in [0.15, 0.2) is 41.0 Å². The number of nitrogens with one attached hydrogen (secondary N) is 3.